The van der Waals surface area contributed by atoms with Gasteiger partial charge in [-0.25, -0.2) is 4.98 Å². The van der Waals surface area contributed by atoms with E-state index in [2.05, 4.69) is 19.2 Å². The van der Waals surface area contributed by atoms with E-state index in [-0.39, 0.29) is 6.07 Å². The molecule has 1 aromatic heterocycles. The first kappa shape index (κ1) is 17.9. The molecule has 0 saturated heterocycles. The largest absolute Gasteiger partial charge is 0.573 e. The topological polar surface area (TPSA) is 57.7 Å². The third kappa shape index (κ3) is 4.67. The highest BCUT2D eigenvalue weighted by molar-refractivity contribution is 5.74. The Morgan fingerprint density at radius 3 is 2.18 bits per heavy atom. The first-order chi connectivity index (χ1) is 9.97. The third-order valence-corrected chi connectivity index (χ3v) is 2.28. The number of hydrogen-bond acceptors (Lipinski definition) is 5. The first-order valence-electron chi connectivity index (χ1n) is 5.45. The fraction of sp³-hybridized carbons (Fsp3) is 0.455. The van der Waals surface area contributed by atoms with Crippen LogP contribution in [0.2, 0.25) is 0 Å². The molecule has 0 atom stereocenters. The van der Waals surface area contributed by atoms with Gasteiger partial charge in [0.05, 0.1) is 20.6 Å². The number of rotatable bonds is 4. The number of hydrogen-bond donors (Lipinski definition) is 0. The molecule has 1 rings (SSSR count). The van der Waals surface area contributed by atoms with Crippen LogP contribution in [0.25, 0.3) is 0 Å². The fourth-order valence-corrected chi connectivity index (χ4v) is 1.43. The van der Waals surface area contributed by atoms with E-state index in [0.717, 1.165) is 14.2 Å². The van der Waals surface area contributed by atoms with E-state index in [0.29, 0.717) is 0 Å². The average Bonchev–Trinajstić information content (AvgIpc) is 2.37. The highest BCUT2D eigenvalue weighted by Crippen LogP contribution is 2.39. The molecular formula is C11H9F6NO4. The predicted molar refractivity (Wildman–Crippen MR) is 58.2 cm³/mol. The molecule has 1 heterocycles. The molecular weight excluding hydrogens is 324 g/mol. The molecule has 0 N–H and O–H groups in total. The Bertz CT molecular complexity index is 555. The highest BCUT2D eigenvalue weighted by atomic mass is 19.4. The van der Waals surface area contributed by atoms with Crippen LogP contribution < -0.4 is 9.47 Å². The number of alkyl halides is 6. The second-order valence-corrected chi connectivity index (χ2v) is 3.80. The van der Waals surface area contributed by atoms with Crippen molar-refractivity contribution in [2.75, 3.05) is 14.2 Å². The lowest BCUT2D eigenvalue weighted by Gasteiger charge is -2.17. The summed E-state index contributed by atoms with van der Waals surface area (Å²) in [6, 6.07) is 0.264. The molecule has 0 saturated carbocycles. The van der Waals surface area contributed by atoms with Gasteiger partial charge in [-0.3, -0.25) is 4.79 Å². The van der Waals surface area contributed by atoms with Crippen molar-refractivity contribution in [1.82, 2.24) is 4.98 Å². The van der Waals surface area contributed by atoms with Gasteiger partial charge in [0.15, 0.2) is 5.75 Å². The van der Waals surface area contributed by atoms with Crippen LogP contribution in [0.5, 0.6) is 11.6 Å². The number of carbonyl (C=O) groups excluding carboxylic acids is 1. The van der Waals surface area contributed by atoms with E-state index >= 15 is 0 Å². The zero-order valence-electron chi connectivity index (χ0n) is 11.1. The van der Waals surface area contributed by atoms with Crippen LogP contribution in [-0.2, 0) is 22.1 Å². The van der Waals surface area contributed by atoms with Crippen molar-refractivity contribution in [3.8, 4) is 11.6 Å². The van der Waals surface area contributed by atoms with E-state index in [1.807, 2.05) is 0 Å². The van der Waals surface area contributed by atoms with Gasteiger partial charge in [0.1, 0.15) is 5.69 Å². The van der Waals surface area contributed by atoms with Crippen LogP contribution in [0.15, 0.2) is 6.07 Å². The maximum atomic E-state index is 12.7. The molecule has 0 aliphatic rings. The van der Waals surface area contributed by atoms with Gasteiger partial charge in [0, 0.05) is 5.56 Å². The number of esters is 1. The van der Waals surface area contributed by atoms with E-state index in [1.165, 1.54) is 0 Å². The Hall–Kier alpha value is -2.20. The summed E-state index contributed by atoms with van der Waals surface area (Å²) < 4.78 is 87.3. The van der Waals surface area contributed by atoms with Crippen LogP contribution in [-0.4, -0.2) is 31.5 Å². The summed E-state index contributed by atoms with van der Waals surface area (Å²) in [6.45, 7) is 0. The normalized spacial score (nSPS) is 12.0. The third-order valence-electron chi connectivity index (χ3n) is 2.28. The molecule has 0 unspecified atom stereocenters. The SMILES string of the molecule is COC(=O)Cc1cc(C(F)(F)F)nc(OC)c1OC(F)(F)F. The quantitative estimate of drug-likeness (QED) is 0.626. The summed E-state index contributed by atoms with van der Waals surface area (Å²) in [7, 11) is 1.74. The van der Waals surface area contributed by atoms with Crippen LogP contribution >= 0.6 is 0 Å². The molecule has 22 heavy (non-hydrogen) atoms. The number of carbonyl (C=O) groups is 1. The molecule has 0 bridgehead atoms. The second kappa shape index (κ2) is 6.28. The van der Waals surface area contributed by atoms with Crippen molar-refractivity contribution in [1.29, 1.82) is 0 Å². The van der Waals surface area contributed by atoms with E-state index in [1.54, 1.807) is 0 Å². The van der Waals surface area contributed by atoms with Gasteiger partial charge >= 0.3 is 18.5 Å². The van der Waals surface area contributed by atoms with Gasteiger partial charge < -0.3 is 14.2 Å². The minimum atomic E-state index is -5.21. The molecule has 0 aliphatic heterocycles. The van der Waals surface area contributed by atoms with Crippen molar-refractivity contribution in [3.05, 3.63) is 17.3 Å². The first-order valence-corrected chi connectivity index (χ1v) is 5.45. The number of nitrogens with zero attached hydrogens (tertiary/aromatic N) is 1. The Morgan fingerprint density at radius 1 is 1.18 bits per heavy atom. The maximum absolute atomic E-state index is 12.7. The van der Waals surface area contributed by atoms with E-state index in [4.69, 9.17) is 0 Å². The Kier molecular flexibility index (Phi) is 5.09. The van der Waals surface area contributed by atoms with Crippen molar-refractivity contribution >= 4 is 5.97 Å². The Morgan fingerprint density at radius 2 is 1.77 bits per heavy atom. The van der Waals surface area contributed by atoms with E-state index < -0.39 is 47.8 Å². The molecule has 11 heteroatoms. The molecule has 0 aliphatic carbocycles. The van der Waals surface area contributed by atoms with Gasteiger partial charge in [0.25, 0.3) is 5.88 Å². The van der Waals surface area contributed by atoms with Gasteiger partial charge in [-0.05, 0) is 6.07 Å². The summed E-state index contributed by atoms with van der Waals surface area (Å²) >= 11 is 0. The number of halogens is 6. The zero-order valence-corrected chi connectivity index (χ0v) is 11.1. The van der Waals surface area contributed by atoms with E-state index in [9.17, 15) is 31.1 Å². The van der Waals surface area contributed by atoms with Crippen molar-refractivity contribution < 1.29 is 45.3 Å². The Labute approximate surface area is 119 Å². The maximum Gasteiger partial charge on any atom is 0.573 e. The second-order valence-electron chi connectivity index (χ2n) is 3.80. The monoisotopic (exact) mass is 333 g/mol. The molecule has 0 fully saturated rings. The lowest BCUT2D eigenvalue weighted by atomic mass is 10.1. The van der Waals surface area contributed by atoms with Crippen LogP contribution in [0.4, 0.5) is 26.3 Å². The lowest BCUT2D eigenvalue weighted by molar-refractivity contribution is -0.275. The number of ether oxygens (including phenoxy) is 3. The fourth-order valence-electron chi connectivity index (χ4n) is 1.43. The molecule has 0 spiro atoms. The predicted octanol–water partition coefficient (Wildman–Crippen LogP) is 2.72. The van der Waals surface area contributed by atoms with Gasteiger partial charge in [-0.15, -0.1) is 13.2 Å². The lowest BCUT2D eigenvalue weighted by Crippen LogP contribution is -2.21. The zero-order chi connectivity index (χ0) is 17.1. The molecule has 0 amide bonds. The number of pyridine rings is 1. The number of aromatic nitrogens is 1. The van der Waals surface area contributed by atoms with Crippen LogP contribution in [0, 0.1) is 0 Å². The summed E-state index contributed by atoms with van der Waals surface area (Å²) in [6.07, 6.45) is -11.0. The summed E-state index contributed by atoms with van der Waals surface area (Å²) in [5.41, 5.74) is -2.25. The molecule has 1 aromatic rings. The summed E-state index contributed by atoms with van der Waals surface area (Å²) in [5, 5.41) is 0. The van der Waals surface area contributed by atoms with Crippen molar-refractivity contribution in [2.24, 2.45) is 0 Å². The average molecular weight is 333 g/mol. The van der Waals surface area contributed by atoms with Gasteiger partial charge in [-0.1, -0.05) is 0 Å². The van der Waals surface area contributed by atoms with Crippen molar-refractivity contribution in [3.63, 3.8) is 0 Å². The van der Waals surface area contributed by atoms with Crippen LogP contribution in [0.3, 0.4) is 0 Å². The number of methoxy groups -OCH3 is 2. The van der Waals surface area contributed by atoms with Gasteiger partial charge in [-0.2, -0.15) is 13.2 Å². The highest BCUT2D eigenvalue weighted by Gasteiger charge is 2.38. The summed E-state index contributed by atoms with van der Waals surface area (Å²) in [5.74, 6) is -3.24. The molecule has 0 radical (unpaired) electrons. The molecule has 0 aromatic carbocycles. The Balaban J connectivity index is 3.46. The summed E-state index contributed by atoms with van der Waals surface area (Å²) in [4.78, 5) is 14.1. The van der Waals surface area contributed by atoms with Crippen molar-refractivity contribution in [2.45, 2.75) is 19.0 Å². The molecule has 5 nitrogen and oxygen atoms in total. The van der Waals surface area contributed by atoms with Crippen LogP contribution in [0.1, 0.15) is 11.3 Å². The smallest absolute Gasteiger partial charge is 0.478 e. The standard InChI is InChI=1S/C11H9F6NO4/c1-20-7(19)4-5-3-6(10(12,13)14)18-9(21-2)8(5)22-11(15,16)17/h3H,4H2,1-2H3. The molecule has 124 valence electrons. The minimum absolute atomic E-state index is 0.264. The van der Waals surface area contributed by atoms with Gasteiger partial charge in [0.2, 0.25) is 0 Å². The minimum Gasteiger partial charge on any atom is -0.478 e.